The molecule has 2 aromatic carbocycles. The second kappa shape index (κ2) is 4.71. The van der Waals surface area contributed by atoms with E-state index in [2.05, 4.69) is 47.6 Å². The van der Waals surface area contributed by atoms with Crippen molar-refractivity contribution in [1.82, 2.24) is 0 Å². The maximum absolute atomic E-state index is 5.47. The van der Waals surface area contributed by atoms with Gasteiger partial charge in [-0.25, -0.2) is 0 Å². The van der Waals surface area contributed by atoms with Gasteiger partial charge in [-0.05, 0) is 53.5 Å². The molecular weight excluding hydrogens is 300 g/mol. The summed E-state index contributed by atoms with van der Waals surface area (Å²) in [7, 11) is 0. The molecule has 0 spiro atoms. The van der Waals surface area contributed by atoms with Crippen LogP contribution in [0.25, 0.3) is 16.5 Å². The fourth-order valence-electron chi connectivity index (χ4n) is 2.37. The molecule has 0 fully saturated rings. The first-order valence-corrected chi connectivity index (χ1v) is 6.88. The van der Waals surface area contributed by atoms with Gasteiger partial charge in [0.15, 0.2) is 0 Å². The summed E-state index contributed by atoms with van der Waals surface area (Å²) in [5, 5.41) is 1.12. The van der Waals surface area contributed by atoms with Crippen molar-refractivity contribution >= 4 is 32.5 Å². The summed E-state index contributed by atoms with van der Waals surface area (Å²) in [6, 6.07) is 14.3. The molecule has 0 amide bonds. The van der Waals surface area contributed by atoms with Crippen molar-refractivity contribution in [1.29, 1.82) is 0 Å². The highest BCUT2D eigenvalue weighted by Crippen LogP contribution is 2.32. The van der Waals surface area contributed by atoms with Crippen LogP contribution in [0.2, 0.25) is 0 Å². The number of hydrogen-bond acceptors (Lipinski definition) is 1. The third kappa shape index (κ3) is 2.13. The highest BCUT2D eigenvalue weighted by Gasteiger charge is 2.11. The van der Waals surface area contributed by atoms with Gasteiger partial charge in [-0.15, -0.1) is 0 Å². The molecule has 1 heterocycles. The monoisotopic (exact) mass is 312 g/mol. The summed E-state index contributed by atoms with van der Waals surface area (Å²) in [6.07, 6.45) is 1.72. The van der Waals surface area contributed by atoms with Crippen molar-refractivity contribution in [3.63, 3.8) is 0 Å². The summed E-state index contributed by atoms with van der Waals surface area (Å²) in [4.78, 5) is 0. The number of aryl methyl sites for hydroxylation is 1. The molecule has 1 nitrogen and oxygen atoms in total. The lowest BCUT2D eigenvalue weighted by atomic mass is 9.93. The van der Waals surface area contributed by atoms with Crippen LogP contribution in [0, 0.1) is 6.92 Å². The molecule has 0 saturated carbocycles. The van der Waals surface area contributed by atoms with Crippen molar-refractivity contribution in [3.8, 4) is 0 Å². The fourth-order valence-corrected chi connectivity index (χ4v) is 2.77. The average molecular weight is 313 g/mol. The molecule has 94 valence electrons. The number of furan rings is 1. The Hall–Kier alpha value is -1.80. The lowest BCUT2D eigenvalue weighted by Gasteiger charge is -2.11. The Balaban J connectivity index is 2.21. The SMILES string of the molecule is C=C(c1cccc(Br)c1)c1c(C)ccc2occc12. The smallest absolute Gasteiger partial charge is 0.134 e. The molecule has 2 heteroatoms. The van der Waals surface area contributed by atoms with Crippen LogP contribution in [0.15, 0.2) is 64.2 Å². The molecule has 0 N–H and O–H groups in total. The topological polar surface area (TPSA) is 13.1 Å². The van der Waals surface area contributed by atoms with E-state index in [0.717, 1.165) is 32.1 Å². The first-order chi connectivity index (χ1) is 9.16. The summed E-state index contributed by atoms with van der Waals surface area (Å²) in [5.41, 5.74) is 5.40. The maximum atomic E-state index is 5.47. The number of halogens is 1. The van der Waals surface area contributed by atoms with Crippen molar-refractivity contribution in [3.05, 3.63) is 76.5 Å². The van der Waals surface area contributed by atoms with Crippen molar-refractivity contribution in [2.24, 2.45) is 0 Å². The Bertz CT molecular complexity index is 768. The number of rotatable bonds is 2. The first-order valence-electron chi connectivity index (χ1n) is 6.09. The van der Waals surface area contributed by atoms with E-state index in [1.54, 1.807) is 6.26 Å². The molecule has 0 atom stereocenters. The van der Waals surface area contributed by atoms with Crippen LogP contribution in [0.5, 0.6) is 0 Å². The van der Waals surface area contributed by atoms with E-state index in [1.807, 2.05) is 24.3 Å². The summed E-state index contributed by atoms with van der Waals surface area (Å²) >= 11 is 3.50. The fraction of sp³-hybridized carbons (Fsp3) is 0.0588. The third-order valence-corrected chi connectivity index (χ3v) is 3.81. The van der Waals surface area contributed by atoms with Crippen molar-refractivity contribution in [2.45, 2.75) is 6.92 Å². The highest BCUT2D eigenvalue weighted by atomic mass is 79.9. The Morgan fingerprint density at radius 2 is 2.00 bits per heavy atom. The average Bonchev–Trinajstić information content (AvgIpc) is 2.86. The lowest BCUT2D eigenvalue weighted by molar-refractivity contribution is 0.616. The number of benzene rings is 2. The first kappa shape index (κ1) is 12.2. The van der Waals surface area contributed by atoms with Gasteiger partial charge < -0.3 is 4.42 Å². The zero-order valence-corrected chi connectivity index (χ0v) is 12.2. The van der Waals surface area contributed by atoms with Crippen LogP contribution in [-0.4, -0.2) is 0 Å². The van der Waals surface area contributed by atoms with Crippen LogP contribution in [0.4, 0.5) is 0 Å². The molecular formula is C17H13BrO. The molecule has 0 aliphatic heterocycles. The van der Waals surface area contributed by atoms with Gasteiger partial charge in [0.1, 0.15) is 5.58 Å². The molecule has 3 rings (SSSR count). The van der Waals surface area contributed by atoms with Crippen LogP contribution in [0.3, 0.4) is 0 Å². The van der Waals surface area contributed by atoms with E-state index in [4.69, 9.17) is 4.42 Å². The second-order valence-corrected chi connectivity index (χ2v) is 5.49. The van der Waals surface area contributed by atoms with Crippen LogP contribution in [-0.2, 0) is 0 Å². The summed E-state index contributed by atoms with van der Waals surface area (Å²) in [5.74, 6) is 0. The van der Waals surface area contributed by atoms with Crippen molar-refractivity contribution < 1.29 is 4.42 Å². The van der Waals surface area contributed by atoms with Gasteiger partial charge in [-0.3, -0.25) is 0 Å². The zero-order valence-electron chi connectivity index (χ0n) is 10.6. The predicted molar refractivity (Wildman–Crippen MR) is 83.2 cm³/mol. The van der Waals surface area contributed by atoms with E-state index >= 15 is 0 Å². The highest BCUT2D eigenvalue weighted by molar-refractivity contribution is 9.10. The predicted octanol–water partition coefficient (Wildman–Crippen LogP) is 5.57. The Morgan fingerprint density at radius 1 is 1.16 bits per heavy atom. The molecule has 0 bridgehead atoms. The number of hydrogen-bond donors (Lipinski definition) is 0. The molecule has 19 heavy (non-hydrogen) atoms. The van der Waals surface area contributed by atoms with Gasteiger partial charge >= 0.3 is 0 Å². The normalized spacial score (nSPS) is 10.8. The summed E-state index contributed by atoms with van der Waals surface area (Å²) < 4.78 is 6.53. The van der Waals surface area contributed by atoms with Gasteiger partial charge in [0.05, 0.1) is 6.26 Å². The zero-order chi connectivity index (χ0) is 13.4. The molecule has 0 unspecified atom stereocenters. The minimum absolute atomic E-state index is 0.900. The molecule has 0 aliphatic rings. The summed E-state index contributed by atoms with van der Waals surface area (Å²) in [6.45, 7) is 6.37. The minimum Gasteiger partial charge on any atom is -0.464 e. The van der Waals surface area contributed by atoms with E-state index in [9.17, 15) is 0 Å². The second-order valence-electron chi connectivity index (χ2n) is 4.58. The lowest BCUT2D eigenvalue weighted by Crippen LogP contribution is -1.91. The number of fused-ring (bicyclic) bond motifs is 1. The van der Waals surface area contributed by atoms with Crippen molar-refractivity contribution in [2.75, 3.05) is 0 Å². The molecule has 1 aromatic heterocycles. The van der Waals surface area contributed by atoms with Gasteiger partial charge in [-0.2, -0.15) is 0 Å². The van der Waals surface area contributed by atoms with Gasteiger partial charge in [-0.1, -0.05) is 40.7 Å². The molecule has 0 aliphatic carbocycles. The Kier molecular flexibility index (Phi) is 3.03. The van der Waals surface area contributed by atoms with E-state index in [-0.39, 0.29) is 0 Å². The third-order valence-electron chi connectivity index (χ3n) is 3.32. The van der Waals surface area contributed by atoms with E-state index < -0.39 is 0 Å². The maximum Gasteiger partial charge on any atom is 0.134 e. The quantitative estimate of drug-likeness (QED) is 0.603. The van der Waals surface area contributed by atoms with E-state index in [1.165, 1.54) is 5.56 Å². The molecule has 0 radical (unpaired) electrons. The Morgan fingerprint density at radius 3 is 2.79 bits per heavy atom. The standard InChI is InChI=1S/C17H13BrO/c1-11-6-7-16-15(8-9-19-16)17(11)12(2)13-4-3-5-14(18)10-13/h3-10H,2H2,1H3. The van der Waals surface area contributed by atoms with Crippen LogP contribution < -0.4 is 0 Å². The van der Waals surface area contributed by atoms with Gasteiger partial charge in [0.2, 0.25) is 0 Å². The Labute approximate surface area is 120 Å². The van der Waals surface area contributed by atoms with Gasteiger partial charge in [0.25, 0.3) is 0 Å². The van der Waals surface area contributed by atoms with E-state index in [0.29, 0.717) is 0 Å². The van der Waals surface area contributed by atoms with Crippen LogP contribution >= 0.6 is 15.9 Å². The molecule has 0 saturated heterocycles. The largest absolute Gasteiger partial charge is 0.464 e. The van der Waals surface area contributed by atoms with Crippen LogP contribution in [0.1, 0.15) is 16.7 Å². The molecule has 3 aromatic rings. The van der Waals surface area contributed by atoms with Gasteiger partial charge in [0, 0.05) is 9.86 Å². The minimum atomic E-state index is 0.900.